The summed E-state index contributed by atoms with van der Waals surface area (Å²) in [5.74, 6) is 0.219. The lowest BCUT2D eigenvalue weighted by atomic mass is 10.2. The van der Waals surface area contributed by atoms with Crippen molar-refractivity contribution in [2.45, 2.75) is 45.3 Å². The summed E-state index contributed by atoms with van der Waals surface area (Å²) in [6.07, 6.45) is 1.45. The number of rotatable bonds is 6. The summed E-state index contributed by atoms with van der Waals surface area (Å²) in [7, 11) is 0.615. The first-order chi connectivity index (χ1) is 10.7. The van der Waals surface area contributed by atoms with Gasteiger partial charge in [-0.1, -0.05) is 6.92 Å². The number of thiazole rings is 1. The lowest BCUT2D eigenvalue weighted by Gasteiger charge is -2.30. The monoisotopic (exact) mass is 359 g/mol. The fourth-order valence-corrected chi connectivity index (χ4v) is 5.23. The van der Waals surface area contributed by atoms with Crippen molar-refractivity contribution in [2.75, 3.05) is 25.6 Å². The van der Waals surface area contributed by atoms with Crippen molar-refractivity contribution >= 4 is 27.1 Å². The smallest absolute Gasteiger partial charge is 0.239 e. The lowest BCUT2D eigenvalue weighted by Crippen LogP contribution is -2.48. The number of amides is 1. The minimum absolute atomic E-state index is 0.0412. The molecule has 2 heterocycles. The highest BCUT2D eigenvalue weighted by molar-refractivity contribution is 7.91. The standard InChI is InChI=1S/C15H25N3O3S2/c1-5-14-16-12(9-22-14)8-17(3)11(2)15(19)18(4)13-6-7-23(20,21)10-13/h9,11,13H,5-8,10H2,1-4H3. The molecule has 23 heavy (non-hydrogen) atoms. The number of carbonyl (C=O) groups excluding carboxylic acids is 1. The van der Waals surface area contributed by atoms with E-state index in [0.29, 0.717) is 13.0 Å². The van der Waals surface area contributed by atoms with Gasteiger partial charge in [0.2, 0.25) is 5.91 Å². The molecule has 2 atom stereocenters. The Morgan fingerprint density at radius 1 is 1.48 bits per heavy atom. The summed E-state index contributed by atoms with van der Waals surface area (Å²) in [5, 5.41) is 3.13. The van der Waals surface area contributed by atoms with E-state index in [1.54, 1.807) is 23.3 Å². The van der Waals surface area contributed by atoms with Crippen LogP contribution in [0.25, 0.3) is 0 Å². The maximum atomic E-state index is 12.6. The van der Waals surface area contributed by atoms with Gasteiger partial charge in [-0.2, -0.15) is 0 Å². The molecule has 0 bridgehead atoms. The van der Waals surface area contributed by atoms with Crippen molar-refractivity contribution in [2.24, 2.45) is 0 Å². The molecule has 1 amide bonds. The van der Waals surface area contributed by atoms with Crippen LogP contribution in [-0.2, 0) is 27.6 Å². The second-order valence-corrected chi connectivity index (χ2v) is 9.35. The van der Waals surface area contributed by atoms with Crippen LogP contribution < -0.4 is 0 Å². The number of sulfone groups is 1. The number of carbonyl (C=O) groups is 1. The molecule has 0 N–H and O–H groups in total. The van der Waals surface area contributed by atoms with Crippen LogP contribution in [-0.4, -0.2) is 66.8 Å². The van der Waals surface area contributed by atoms with Gasteiger partial charge in [-0.15, -0.1) is 11.3 Å². The number of aromatic nitrogens is 1. The van der Waals surface area contributed by atoms with Crippen LogP contribution in [0, 0.1) is 0 Å². The van der Waals surface area contributed by atoms with E-state index >= 15 is 0 Å². The maximum Gasteiger partial charge on any atom is 0.239 e. The predicted molar refractivity (Wildman–Crippen MR) is 92.2 cm³/mol. The number of aryl methyl sites for hydroxylation is 1. The molecular weight excluding hydrogens is 334 g/mol. The first kappa shape index (κ1) is 18.4. The Labute approximate surface area is 142 Å². The minimum Gasteiger partial charge on any atom is -0.340 e. The summed E-state index contributed by atoms with van der Waals surface area (Å²) in [4.78, 5) is 20.7. The second kappa shape index (κ2) is 7.27. The summed E-state index contributed by atoms with van der Waals surface area (Å²) in [6, 6.07) is -0.510. The molecule has 1 aromatic rings. The molecule has 1 aromatic heterocycles. The van der Waals surface area contributed by atoms with Crippen molar-refractivity contribution in [1.29, 1.82) is 0 Å². The molecule has 0 spiro atoms. The lowest BCUT2D eigenvalue weighted by molar-refractivity contribution is -0.136. The molecule has 130 valence electrons. The first-order valence-electron chi connectivity index (χ1n) is 7.84. The Morgan fingerprint density at radius 2 is 2.17 bits per heavy atom. The number of hydrogen-bond donors (Lipinski definition) is 0. The molecule has 2 rings (SSSR count). The number of hydrogen-bond acceptors (Lipinski definition) is 6. The zero-order chi connectivity index (χ0) is 17.2. The first-order valence-corrected chi connectivity index (χ1v) is 10.5. The zero-order valence-electron chi connectivity index (χ0n) is 14.2. The fraction of sp³-hybridized carbons (Fsp3) is 0.733. The molecular formula is C15H25N3O3S2. The van der Waals surface area contributed by atoms with Gasteiger partial charge in [-0.05, 0) is 26.8 Å². The Bertz CT molecular complexity index is 657. The Morgan fingerprint density at radius 3 is 2.70 bits per heavy atom. The number of likely N-dealkylation sites (N-methyl/N-ethyl adjacent to an activating group) is 2. The van der Waals surface area contributed by atoms with E-state index in [4.69, 9.17) is 0 Å². The molecule has 0 aromatic carbocycles. The van der Waals surface area contributed by atoms with E-state index in [0.717, 1.165) is 17.1 Å². The highest BCUT2D eigenvalue weighted by Gasteiger charge is 2.34. The van der Waals surface area contributed by atoms with E-state index in [1.165, 1.54) is 0 Å². The van der Waals surface area contributed by atoms with Crippen LogP contribution in [0.5, 0.6) is 0 Å². The predicted octanol–water partition coefficient (Wildman–Crippen LogP) is 1.17. The molecule has 2 unspecified atom stereocenters. The third-order valence-electron chi connectivity index (χ3n) is 4.44. The molecule has 1 saturated heterocycles. The summed E-state index contributed by atoms with van der Waals surface area (Å²) >= 11 is 1.64. The highest BCUT2D eigenvalue weighted by Crippen LogP contribution is 2.19. The van der Waals surface area contributed by atoms with Gasteiger partial charge in [0, 0.05) is 25.0 Å². The van der Waals surface area contributed by atoms with Crippen molar-refractivity contribution in [1.82, 2.24) is 14.8 Å². The Kier molecular flexibility index (Phi) is 5.80. The van der Waals surface area contributed by atoms with Crippen LogP contribution in [0.3, 0.4) is 0 Å². The summed E-state index contributed by atoms with van der Waals surface area (Å²) in [6.45, 7) is 4.54. The molecule has 8 heteroatoms. The van der Waals surface area contributed by atoms with Crippen molar-refractivity contribution < 1.29 is 13.2 Å². The fourth-order valence-electron chi connectivity index (χ4n) is 2.72. The molecule has 6 nitrogen and oxygen atoms in total. The van der Waals surface area contributed by atoms with E-state index < -0.39 is 9.84 Å². The molecule has 1 fully saturated rings. The van der Waals surface area contributed by atoms with E-state index in [2.05, 4.69) is 11.9 Å². The maximum absolute atomic E-state index is 12.6. The van der Waals surface area contributed by atoms with Crippen LogP contribution in [0.4, 0.5) is 0 Å². The zero-order valence-corrected chi connectivity index (χ0v) is 15.8. The third-order valence-corrected chi connectivity index (χ3v) is 7.23. The van der Waals surface area contributed by atoms with E-state index in [1.807, 2.05) is 24.3 Å². The summed E-state index contributed by atoms with van der Waals surface area (Å²) < 4.78 is 23.2. The van der Waals surface area contributed by atoms with Gasteiger partial charge in [0.15, 0.2) is 9.84 Å². The Hall–Kier alpha value is -0.990. The highest BCUT2D eigenvalue weighted by atomic mass is 32.2. The van der Waals surface area contributed by atoms with Gasteiger partial charge in [-0.3, -0.25) is 9.69 Å². The van der Waals surface area contributed by atoms with E-state index in [-0.39, 0.29) is 29.5 Å². The van der Waals surface area contributed by atoms with Gasteiger partial charge in [0.05, 0.1) is 28.2 Å². The molecule has 0 saturated carbocycles. The van der Waals surface area contributed by atoms with E-state index in [9.17, 15) is 13.2 Å². The van der Waals surface area contributed by atoms with Gasteiger partial charge in [0.25, 0.3) is 0 Å². The average molecular weight is 360 g/mol. The average Bonchev–Trinajstić information content (AvgIpc) is 3.10. The third kappa shape index (κ3) is 4.51. The Balaban J connectivity index is 1.95. The van der Waals surface area contributed by atoms with Gasteiger partial charge in [-0.25, -0.2) is 13.4 Å². The van der Waals surface area contributed by atoms with Crippen LogP contribution in [0.2, 0.25) is 0 Å². The minimum atomic E-state index is -2.98. The molecule has 0 radical (unpaired) electrons. The summed E-state index contributed by atoms with van der Waals surface area (Å²) in [5.41, 5.74) is 0.972. The molecule has 1 aliphatic heterocycles. The van der Waals surface area contributed by atoms with Crippen LogP contribution in [0.15, 0.2) is 5.38 Å². The molecule has 1 aliphatic rings. The van der Waals surface area contributed by atoms with Gasteiger partial charge in [0.1, 0.15) is 0 Å². The topological polar surface area (TPSA) is 70.6 Å². The largest absolute Gasteiger partial charge is 0.340 e. The van der Waals surface area contributed by atoms with Gasteiger partial charge < -0.3 is 4.90 Å². The van der Waals surface area contributed by atoms with Crippen molar-refractivity contribution in [3.05, 3.63) is 16.1 Å². The van der Waals surface area contributed by atoms with Crippen molar-refractivity contribution in [3.8, 4) is 0 Å². The number of nitrogens with zero attached hydrogens (tertiary/aromatic N) is 3. The normalized spacial score (nSPS) is 21.5. The second-order valence-electron chi connectivity index (χ2n) is 6.18. The molecule has 0 aliphatic carbocycles. The van der Waals surface area contributed by atoms with Gasteiger partial charge >= 0.3 is 0 Å². The van der Waals surface area contributed by atoms with Crippen LogP contribution >= 0.6 is 11.3 Å². The van der Waals surface area contributed by atoms with Crippen LogP contribution in [0.1, 0.15) is 31.0 Å². The quantitative estimate of drug-likeness (QED) is 0.762. The van der Waals surface area contributed by atoms with Crippen molar-refractivity contribution in [3.63, 3.8) is 0 Å². The SMILES string of the molecule is CCc1nc(CN(C)C(C)C(=O)N(C)C2CCS(=O)(=O)C2)cs1.